The van der Waals surface area contributed by atoms with Crippen LogP contribution in [0.5, 0.6) is 0 Å². The fourth-order valence-electron chi connectivity index (χ4n) is 5.94. The SMILES string of the molecule is CC(C)(C)c1cccnc1.CC(C)(C)c1ccncc1.CC(C)(C)c1cn[nH]c1.CC(C)c1c[nH]c2ccccc12.CC(C)c1ccoc1.CC(C)c1coc2ccccc12. The highest BCUT2D eigenvalue weighted by molar-refractivity contribution is 5.83. The fourth-order valence-corrected chi connectivity index (χ4v) is 5.94. The Morgan fingerprint density at radius 1 is 0.508 bits per heavy atom. The standard InChI is InChI=1S/C11H13N.C11H12O.2C9H13N.C7H12N2.C7H10O/c2*1-8(2)10-7-12-11-6-4-3-5-9(10)11;1-9(2,3)8-4-6-10-7-5-8;1-9(2,3)8-5-4-6-10-7-8;1-7(2,3)6-4-8-9-5-6;1-6(2)7-3-4-8-5-7/h3-8,12H,1-2H3;3-8H,1-2H3;2*4-7H,1-3H3;4-5H,1-3H3,(H,8,9);3-6H,1-2H3. The van der Waals surface area contributed by atoms with Crippen LogP contribution in [0.25, 0.3) is 21.9 Å². The van der Waals surface area contributed by atoms with E-state index in [9.17, 15) is 0 Å². The highest BCUT2D eigenvalue weighted by Crippen LogP contribution is 2.27. The van der Waals surface area contributed by atoms with E-state index in [0.717, 1.165) is 5.58 Å². The summed E-state index contributed by atoms with van der Waals surface area (Å²) in [4.78, 5) is 11.3. The number of rotatable bonds is 3. The molecule has 2 N–H and O–H groups in total. The normalized spacial score (nSPS) is 11.3. The molecule has 0 aliphatic carbocycles. The van der Waals surface area contributed by atoms with Gasteiger partial charge in [-0.05, 0) is 98.2 Å². The number of furan rings is 2. The van der Waals surface area contributed by atoms with Crippen LogP contribution in [0.3, 0.4) is 0 Å². The van der Waals surface area contributed by atoms with Gasteiger partial charge in [0.1, 0.15) is 5.58 Å². The van der Waals surface area contributed by atoms with Crippen molar-refractivity contribution in [1.82, 2.24) is 25.1 Å². The van der Waals surface area contributed by atoms with Gasteiger partial charge < -0.3 is 13.8 Å². The van der Waals surface area contributed by atoms with Crippen molar-refractivity contribution in [2.75, 3.05) is 0 Å². The van der Waals surface area contributed by atoms with Gasteiger partial charge in [-0.25, -0.2) is 0 Å². The molecule has 0 radical (unpaired) electrons. The number of nitrogens with one attached hydrogen (secondary N) is 2. The van der Waals surface area contributed by atoms with E-state index in [1.807, 2.05) is 67.6 Å². The van der Waals surface area contributed by atoms with Gasteiger partial charge >= 0.3 is 0 Å². The van der Waals surface area contributed by atoms with Crippen molar-refractivity contribution in [2.45, 2.75) is 138 Å². The lowest BCUT2D eigenvalue weighted by Gasteiger charge is -2.17. The minimum absolute atomic E-state index is 0.229. The number of aromatic nitrogens is 5. The maximum absolute atomic E-state index is 5.41. The summed E-state index contributed by atoms with van der Waals surface area (Å²) in [5.74, 6) is 1.73. The molecular weight excluding hydrogens is 751 g/mol. The minimum Gasteiger partial charge on any atom is -0.472 e. The molecule has 0 unspecified atom stereocenters. The molecule has 0 fully saturated rings. The first-order valence-corrected chi connectivity index (χ1v) is 21.5. The van der Waals surface area contributed by atoms with E-state index in [1.165, 1.54) is 49.7 Å². The zero-order chi connectivity index (χ0) is 45.2. The van der Waals surface area contributed by atoms with Gasteiger partial charge in [-0.2, -0.15) is 5.10 Å². The highest BCUT2D eigenvalue weighted by atomic mass is 16.3. The van der Waals surface area contributed by atoms with E-state index in [0.29, 0.717) is 17.8 Å². The molecule has 7 heteroatoms. The molecule has 0 saturated heterocycles. The van der Waals surface area contributed by atoms with Crippen molar-refractivity contribution in [2.24, 2.45) is 0 Å². The van der Waals surface area contributed by atoms with Crippen LogP contribution < -0.4 is 0 Å². The van der Waals surface area contributed by atoms with E-state index >= 15 is 0 Å². The Hall–Kier alpha value is -5.69. The van der Waals surface area contributed by atoms with E-state index in [-0.39, 0.29) is 16.2 Å². The first kappa shape index (κ1) is 49.7. The molecule has 8 aromatic rings. The molecule has 0 saturated carbocycles. The number of hydrogen-bond acceptors (Lipinski definition) is 5. The van der Waals surface area contributed by atoms with Crippen LogP contribution >= 0.6 is 0 Å². The summed E-state index contributed by atoms with van der Waals surface area (Å²) in [6.07, 6.45) is 18.6. The van der Waals surface area contributed by atoms with E-state index in [4.69, 9.17) is 8.83 Å². The second kappa shape index (κ2) is 23.3. The fraction of sp³-hybridized carbons (Fsp3) is 0.389. The first-order valence-electron chi connectivity index (χ1n) is 21.5. The lowest BCUT2D eigenvalue weighted by molar-refractivity contribution is 0.562. The van der Waals surface area contributed by atoms with E-state index < -0.39 is 0 Å². The first-order chi connectivity index (χ1) is 28.7. The van der Waals surface area contributed by atoms with Crippen molar-refractivity contribution in [3.63, 3.8) is 0 Å². The van der Waals surface area contributed by atoms with Gasteiger partial charge in [0, 0.05) is 59.0 Å². The van der Waals surface area contributed by atoms with Crippen LogP contribution in [-0.2, 0) is 16.2 Å². The third-order valence-electron chi connectivity index (χ3n) is 10.0. The summed E-state index contributed by atoms with van der Waals surface area (Å²) < 4.78 is 10.3. The molecule has 0 bridgehead atoms. The van der Waals surface area contributed by atoms with Crippen molar-refractivity contribution >= 4 is 21.9 Å². The van der Waals surface area contributed by atoms with Crippen molar-refractivity contribution in [3.8, 4) is 0 Å². The van der Waals surface area contributed by atoms with Gasteiger partial charge in [-0.15, -0.1) is 0 Å². The lowest BCUT2D eigenvalue weighted by Crippen LogP contribution is -2.10. The maximum atomic E-state index is 5.41. The molecule has 6 heterocycles. The Morgan fingerprint density at radius 2 is 1.11 bits per heavy atom. The zero-order valence-corrected chi connectivity index (χ0v) is 39.7. The predicted molar refractivity (Wildman–Crippen MR) is 259 cm³/mol. The Balaban J connectivity index is 0.000000196. The molecule has 0 spiro atoms. The maximum Gasteiger partial charge on any atom is 0.134 e. The van der Waals surface area contributed by atoms with Crippen LogP contribution in [-0.4, -0.2) is 25.1 Å². The van der Waals surface area contributed by atoms with Crippen molar-refractivity contribution in [3.05, 3.63) is 174 Å². The van der Waals surface area contributed by atoms with Gasteiger partial charge in [0.2, 0.25) is 0 Å². The van der Waals surface area contributed by atoms with Crippen LogP contribution in [0.15, 0.2) is 150 Å². The molecule has 2 aromatic carbocycles. The number of pyridine rings is 2. The third-order valence-corrected chi connectivity index (χ3v) is 10.0. The summed E-state index contributed by atoms with van der Waals surface area (Å²) in [6.45, 7) is 32.7. The molecule has 7 nitrogen and oxygen atoms in total. The Labute approximate surface area is 366 Å². The molecule has 61 heavy (non-hydrogen) atoms. The predicted octanol–water partition coefficient (Wildman–Crippen LogP) is 15.7. The lowest BCUT2D eigenvalue weighted by atomic mass is 9.88. The minimum atomic E-state index is 0.229. The van der Waals surface area contributed by atoms with Crippen molar-refractivity contribution < 1.29 is 8.83 Å². The summed E-state index contributed by atoms with van der Waals surface area (Å²) in [5, 5.41) is 9.25. The number of hydrogen-bond donors (Lipinski definition) is 2. The Bertz CT molecular complexity index is 2200. The number of nitrogens with zero attached hydrogens (tertiary/aromatic N) is 3. The Morgan fingerprint density at radius 3 is 1.56 bits per heavy atom. The molecule has 0 aliphatic heterocycles. The third kappa shape index (κ3) is 16.7. The van der Waals surface area contributed by atoms with Gasteiger partial charge in [0.25, 0.3) is 0 Å². The van der Waals surface area contributed by atoms with Crippen molar-refractivity contribution in [1.29, 1.82) is 0 Å². The van der Waals surface area contributed by atoms with Crippen LogP contribution in [0.1, 0.15) is 155 Å². The zero-order valence-electron chi connectivity index (χ0n) is 39.7. The second-order valence-electron chi connectivity index (χ2n) is 19.2. The number of para-hydroxylation sites is 2. The average Bonchev–Trinajstić information content (AvgIpc) is 4.06. The van der Waals surface area contributed by atoms with E-state index in [2.05, 4.69) is 184 Å². The van der Waals surface area contributed by atoms with Gasteiger partial charge in [-0.1, -0.05) is 146 Å². The highest BCUT2D eigenvalue weighted by Gasteiger charge is 2.14. The molecular formula is C54H73N5O2. The molecule has 0 atom stereocenters. The second-order valence-corrected chi connectivity index (χ2v) is 19.2. The molecule has 0 aliphatic rings. The monoisotopic (exact) mass is 824 g/mol. The topological polar surface area (TPSA) is 96.5 Å². The van der Waals surface area contributed by atoms with E-state index in [1.54, 1.807) is 18.7 Å². The molecule has 6 aromatic heterocycles. The van der Waals surface area contributed by atoms with Crippen LogP contribution in [0.2, 0.25) is 0 Å². The van der Waals surface area contributed by atoms with Crippen LogP contribution in [0, 0.1) is 0 Å². The molecule has 326 valence electrons. The Kier molecular flexibility index (Phi) is 19.0. The number of H-pyrrole nitrogens is 2. The van der Waals surface area contributed by atoms with Gasteiger partial charge in [0.05, 0.1) is 25.0 Å². The smallest absolute Gasteiger partial charge is 0.134 e. The molecule has 0 amide bonds. The quantitative estimate of drug-likeness (QED) is 0.185. The number of aromatic amines is 2. The van der Waals surface area contributed by atoms with Gasteiger partial charge in [0.15, 0.2) is 0 Å². The van der Waals surface area contributed by atoms with Gasteiger partial charge in [-0.3, -0.25) is 15.1 Å². The summed E-state index contributed by atoms with van der Waals surface area (Å²) in [7, 11) is 0. The largest absolute Gasteiger partial charge is 0.472 e. The molecule has 8 rings (SSSR count). The summed E-state index contributed by atoms with van der Waals surface area (Å²) in [5.41, 5.74) is 10.8. The number of fused-ring (bicyclic) bond motifs is 2. The summed E-state index contributed by atoms with van der Waals surface area (Å²) in [6, 6.07) is 26.8. The van der Waals surface area contributed by atoms with Crippen LogP contribution in [0.4, 0.5) is 0 Å². The summed E-state index contributed by atoms with van der Waals surface area (Å²) >= 11 is 0. The average molecular weight is 824 g/mol. The number of benzene rings is 2.